The molecule has 152 valence electrons. The molecule has 0 unspecified atom stereocenters. The molecule has 8 heteroatoms. The molecule has 0 radical (unpaired) electrons. The van der Waals surface area contributed by atoms with Crippen molar-refractivity contribution in [3.8, 4) is 12.1 Å². The van der Waals surface area contributed by atoms with Gasteiger partial charge >= 0.3 is 0 Å². The number of nitrogens with one attached hydrogen (secondary N) is 2. The van der Waals surface area contributed by atoms with Crippen LogP contribution in [0.2, 0.25) is 0 Å². The van der Waals surface area contributed by atoms with Crippen molar-refractivity contribution in [3.05, 3.63) is 64.8 Å². The molecule has 4 rings (SSSR count). The molecule has 0 spiro atoms. The highest BCUT2D eigenvalue weighted by Gasteiger charge is 2.25. The van der Waals surface area contributed by atoms with Gasteiger partial charge < -0.3 is 15.5 Å². The topological polar surface area (TPSA) is 118 Å². The number of hydrogen-bond acceptors (Lipinski definition) is 7. The van der Waals surface area contributed by atoms with Crippen molar-refractivity contribution in [2.45, 2.75) is 20.3 Å². The number of aromatic nitrogens is 2. The van der Waals surface area contributed by atoms with Gasteiger partial charge in [0.2, 0.25) is 11.9 Å². The van der Waals surface area contributed by atoms with E-state index < -0.39 is 0 Å². The van der Waals surface area contributed by atoms with Gasteiger partial charge in [0.25, 0.3) is 0 Å². The predicted molar refractivity (Wildman–Crippen MR) is 117 cm³/mol. The number of nitriles is 2. The summed E-state index contributed by atoms with van der Waals surface area (Å²) >= 11 is 0. The highest BCUT2D eigenvalue weighted by molar-refractivity contribution is 5.97. The van der Waals surface area contributed by atoms with E-state index in [4.69, 9.17) is 5.26 Å². The van der Waals surface area contributed by atoms with Crippen LogP contribution in [-0.4, -0.2) is 22.4 Å². The maximum atomic E-state index is 12.3. The van der Waals surface area contributed by atoms with E-state index in [9.17, 15) is 10.1 Å². The first-order valence-corrected chi connectivity index (χ1v) is 9.71. The lowest BCUT2D eigenvalue weighted by Crippen LogP contribution is -2.22. The van der Waals surface area contributed by atoms with Crippen molar-refractivity contribution >= 4 is 34.7 Å². The van der Waals surface area contributed by atoms with Crippen molar-refractivity contribution in [1.82, 2.24) is 9.97 Å². The monoisotopic (exact) mass is 409 g/mol. The van der Waals surface area contributed by atoms with Crippen LogP contribution in [0.4, 0.5) is 28.8 Å². The zero-order valence-electron chi connectivity index (χ0n) is 17.1. The number of benzene rings is 2. The molecule has 31 heavy (non-hydrogen) atoms. The lowest BCUT2D eigenvalue weighted by molar-refractivity contribution is -0.115. The fraction of sp³-hybridized carbons (Fsp3) is 0.174. The van der Waals surface area contributed by atoms with Gasteiger partial charge in [0.1, 0.15) is 5.69 Å². The zero-order valence-corrected chi connectivity index (χ0v) is 17.1. The van der Waals surface area contributed by atoms with Crippen molar-refractivity contribution < 1.29 is 4.79 Å². The summed E-state index contributed by atoms with van der Waals surface area (Å²) < 4.78 is 0. The Balaban J connectivity index is 1.77. The lowest BCUT2D eigenvalue weighted by atomic mass is 10.0. The van der Waals surface area contributed by atoms with E-state index in [2.05, 4.69) is 32.7 Å². The van der Waals surface area contributed by atoms with Crippen molar-refractivity contribution in [1.29, 1.82) is 10.5 Å². The quantitative estimate of drug-likeness (QED) is 0.670. The van der Waals surface area contributed by atoms with Crippen LogP contribution >= 0.6 is 0 Å². The van der Waals surface area contributed by atoms with E-state index in [1.54, 1.807) is 30.5 Å². The first-order valence-electron chi connectivity index (χ1n) is 9.71. The summed E-state index contributed by atoms with van der Waals surface area (Å²) in [5.41, 5.74) is 5.20. The number of aryl methyl sites for hydroxylation is 2. The fourth-order valence-corrected chi connectivity index (χ4v) is 3.68. The van der Waals surface area contributed by atoms with Crippen LogP contribution in [0, 0.1) is 36.5 Å². The minimum atomic E-state index is -0.107. The van der Waals surface area contributed by atoms with Gasteiger partial charge in [0.05, 0.1) is 29.5 Å². The molecule has 0 aliphatic carbocycles. The molecule has 0 atom stereocenters. The maximum absolute atomic E-state index is 12.3. The van der Waals surface area contributed by atoms with Gasteiger partial charge in [-0.25, -0.2) is 4.98 Å². The third kappa shape index (κ3) is 4.00. The summed E-state index contributed by atoms with van der Waals surface area (Å²) in [4.78, 5) is 23.3. The Morgan fingerprint density at radius 2 is 1.74 bits per heavy atom. The van der Waals surface area contributed by atoms with E-state index in [-0.39, 0.29) is 5.91 Å². The average Bonchev–Trinajstić information content (AvgIpc) is 2.92. The molecule has 1 aliphatic rings. The summed E-state index contributed by atoms with van der Waals surface area (Å²) in [6.45, 7) is 4.33. The van der Waals surface area contributed by atoms with Crippen LogP contribution in [0.15, 0.2) is 42.6 Å². The van der Waals surface area contributed by atoms with Crippen LogP contribution in [0.1, 0.15) is 28.7 Å². The van der Waals surface area contributed by atoms with Crippen molar-refractivity contribution in [2.75, 3.05) is 22.1 Å². The third-order valence-electron chi connectivity index (χ3n) is 5.02. The van der Waals surface area contributed by atoms with Gasteiger partial charge in [-0.3, -0.25) is 4.79 Å². The second kappa shape index (κ2) is 8.13. The van der Waals surface area contributed by atoms with Crippen LogP contribution in [-0.2, 0) is 4.79 Å². The smallest absolute Gasteiger partial charge is 0.229 e. The minimum Gasteiger partial charge on any atom is -0.324 e. The highest BCUT2D eigenvalue weighted by atomic mass is 16.1. The molecular weight excluding hydrogens is 390 g/mol. The van der Waals surface area contributed by atoms with Crippen LogP contribution in [0.3, 0.4) is 0 Å². The first-order chi connectivity index (χ1) is 15.0. The molecule has 8 nitrogen and oxygen atoms in total. The maximum Gasteiger partial charge on any atom is 0.229 e. The Hall–Kier alpha value is -4.43. The Morgan fingerprint density at radius 1 is 1.06 bits per heavy atom. The fourth-order valence-electron chi connectivity index (χ4n) is 3.68. The average molecular weight is 409 g/mol. The van der Waals surface area contributed by atoms with E-state index in [0.29, 0.717) is 41.5 Å². The number of hydrogen-bond donors (Lipinski definition) is 2. The van der Waals surface area contributed by atoms with E-state index in [0.717, 1.165) is 22.5 Å². The number of carbonyl (C=O) groups is 1. The number of carbonyl (C=O) groups excluding carboxylic acids is 1. The van der Waals surface area contributed by atoms with E-state index in [1.165, 1.54) is 0 Å². The Kier molecular flexibility index (Phi) is 5.21. The second-order valence-corrected chi connectivity index (χ2v) is 7.27. The summed E-state index contributed by atoms with van der Waals surface area (Å²) in [5, 5.41) is 24.2. The first kappa shape index (κ1) is 19.9. The number of rotatable bonds is 3. The van der Waals surface area contributed by atoms with Crippen LogP contribution < -0.4 is 15.5 Å². The minimum absolute atomic E-state index is 0.107. The SMILES string of the molecule is Cc1cc(C#N)cc(C)c1N1CCC(=O)Nc2cnc(Nc3ccc(C#N)cc3)nc21. The number of fused-ring (bicyclic) bond motifs is 1. The summed E-state index contributed by atoms with van der Waals surface area (Å²) in [6, 6.07) is 14.9. The van der Waals surface area contributed by atoms with Crippen molar-refractivity contribution in [2.24, 2.45) is 0 Å². The standard InChI is InChI=1S/C23H19N7O/c1-14-9-17(12-25)10-15(2)21(14)30-8-7-20(31)28-19-13-26-23(29-22(19)30)27-18-5-3-16(11-24)4-6-18/h3-6,9-10,13H,7-8H2,1-2H3,(H,28,31)(H,26,27,29). The van der Waals surface area contributed by atoms with Gasteiger partial charge in [-0.1, -0.05) is 0 Å². The third-order valence-corrected chi connectivity index (χ3v) is 5.02. The Labute approximate surface area is 179 Å². The molecule has 1 aromatic heterocycles. The summed E-state index contributed by atoms with van der Waals surface area (Å²) in [6.07, 6.45) is 1.88. The largest absolute Gasteiger partial charge is 0.324 e. The molecule has 2 heterocycles. The Bertz CT molecular complexity index is 1230. The zero-order chi connectivity index (χ0) is 22.0. The van der Waals surface area contributed by atoms with Crippen LogP contribution in [0.5, 0.6) is 0 Å². The molecule has 1 amide bonds. The predicted octanol–water partition coefficient (Wildman–Crippen LogP) is 4.06. The summed E-state index contributed by atoms with van der Waals surface area (Å²) in [7, 11) is 0. The van der Waals surface area contributed by atoms with Gasteiger partial charge in [0.15, 0.2) is 5.82 Å². The number of amides is 1. The van der Waals surface area contributed by atoms with Gasteiger partial charge in [-0.15, -0.1) is 0 Å². The van der Waals surface area contributed by atoms with Crippen LogP contribution in [0.25, 0.3) is 0 Å². The molecule has 0 fully saturated rings. The molecule has 0 bridgehead atoms. The van der Waals surface area contributed by atoms with E-state index >= 15 is 0 Å². The molecule has 2 N–H and O–H groups in total. The summed E-state index contributed by atoms with van der Waals surface area (Å²) in [5.74, 6) is 0.838. The van der Waals surface area contributed by atoms with Gasteiger partial charge in [-0.05, 0) is 61.4 Å². The highest BCUT2D eigenvalue weighted by Crippen LogP contribution is 2.37. The molecule has 1 aliphatic heterocycles. The molecule has 0 saturated heterocycles. The number of nitrogens with zero attached hydrogens (tertiary/aromatic N) is 5. The molecule has 2 aromatic carbocycles. The normalized spacial score (nSPS) is 12.8. The van der Waals surface area contributed by atoms with E-state index in [1.807, 2.05) is 30.9 Å². The van der Waals surface area contributed by atoms with Gasteiger partial charge in [0, 0.05) is 24.3 Å². The molecule has 3 aromatic rings. The second-order valence-electron chi connectivity index (χ2n) is 7.27. The molecular formula is C23H19N7O. The number of anilines is 5. The molecule has 0 saturated carbocycles. The van der Waals surface area contributed by atoms with Gasteiger partial charge in [-0.2, -0.15) is 15.5 Å². The van der Waals surface area contributed by atoms with Crippen molar-refractivity contribution in [3.63, 3.8) is 0 Å². The Morgan fingerprint density at radius 3 is 2.39 bits per heavy atom. The lowest BCUT2D eigenvalue weighted by Gasteiger charge is -2.27.